The highest BCUT2D eigenvalue weighted by atomic mass is 19.4. The Kier molecular flexibility index (Phi) is 9.60. The summed E-state index contributed by atoms with van der Waals surface area (Å²) in [6, 6.07) is 25.8. The maximum atomic E-state index is 13.9. The number of rotatable bonds is 7. The minimum atomic E-state index is -4.51. The van der Waals surface area contributed by atoms with E-state index in [1.54, 1.807) is 35.0 Å². The van der Waals surface area contributed by atoms with Gasteiger partial charge in [-0.05, 0) is 72.6 Å². The number of piperazine rings is 1. The van der Waals surface area contributed by atoms with Gasteiger partial charge in [-0.1, -0.05) is 42.5 Å². The molecule has 11 heteroatoms. The average Bonchev–Trinajstić information content (AvgIpc) is 3.04. The number of amides is 4. The summed E-state index contributed by atoms with van der Waals surface area (Å²) in [5.74, 6) is -0.880. The molecule has 4 amide bonds. The van der Waals surface area contributed by atoms with Crippen LogP contribution in [-0.2, 0) is 12.7 Å². The van der Waals surface area contributed by atoms with Crippen molar-refractivity contribution in [2.75, 3.05) is 48.8 Å². The third kappa shape index (κ3) is 7.84. The van der Waals surface area contributed by atoms with Crippen molar-refractivity contribution in [1.29, 1.82) is 0 Å². The average molecular weight is 630 g/mol. The van der Waals surface area contributed by atoms with Gasteiger partial charge >= 0.3 is 12.2 Å². The second-order valence-electron chi connectivity index (χ2n) is 11.2. The number of alkyl halides is 3. The van der Waals surface area contributed by atoms with E-state index in [0.29, 0.717) is 49.7 Å². The number of halogens is 3. The normalized spacial score (nSPS) is 13.2. The number of carbonyl (C=O) groups is 3. The van der Waals surface area contributed by atoms with E-state index in [2.05, 4.69) is 10.6 Å². The topological polar surface area (TPSA) is 85.0 Å². The molecule has 1 heterocycles. The van der Waals surface area contributed by atoms with Gasteiger partial charge in [0.15, 0.2) is 0 Å². The standard InChI is InChI=1S/C35H34F3N5O3/c1-24-7-6-10-28(21-24)40-34(46)43-19-17-42(18-20-43)31-16-15-29(39-32(44)26-11-13-27(14-12-26)35(36,37)38)22-30(31)33(45)41(2)23-25-8-4-3-5-9-25/h3-16,21-22H,17-20,23H2,1-2H3,(H,39,44)(H,40,46). The van der Waals surface area contributed by atoms with Crippen molar-refractivity contribution < 1.29 is 27.6 Å². The van der Waals surface area contributed by atoms with Crippen molar-refractivity contribution >= 4 is 34.9 Å². The zero-order valence-corrected chi connectivity index (χ0v) is 25.5. The van der Waals surface area contributed by atoms with E-state index in [-0.39, 0.29) is 17.5 Å². The molecule has 0 spiro atoms. The molecule has 1 fully saturated rings. The maximum Gasteiger partial charge on any atom is 0.416 e. The molecule has 0 aliphatic carbocycles. The van der Waals surface area contributed by atoms with Crippen LogP contribution in [0.5, 0.6) is 0 Å². The van der Waals surface area contributed by atoms with Gasteiger partial charge in [-0.25, -0.2) is 4.79 Å². The first-order chi connectivity index (χ1) is 22.0. The summed E-state index contributed by atoms with van der Waals surface area (Å²) in [4.78, 5) is 45.1. The van der Waals surface area contributed by atoms with Crippen LogP contribution >= 0.6 is 0 Å². The van der Waals surface area contributed by atoms with Gasteiger partial charge in [0.1, 0.15) is 0 Å². The van der Waals surface area contributed by atoms with Gasteiger partial charge in [0, 0.05) is 62.4 Å². The fraction of sp³-hybridized carbons (Fsp3) is 0.229. The maximum absolute atomic E-state index is 13.9. The van der Waals surface area contributed by atoms with Gasteiger partial charge in [-0.3, -0.25) is 9.59 Å². The number of hydrogen-bond acceptors (Lipinski definition) is 4. The van der Waals surface area contributed by atoms with Crippen LogP contribution in [0.15, 0.2) is 97.1 Å². The Bertz CT molecular complexity index is 1700. The van der Waals surface area contributed by atoms with Gasteiger partial charge in [0.05, 0.1) is 11.1 Å². The predicted octanol–water partition coefficient (Wildman–Crippen LogP) is 6.89. The van der Waals surface area contributed by atoms with Crippen LogP contribution in [-0.4, -0.2) is 60.9 Å². The van der Waals surface area contributed by atoms with E-state index in [1.807, 2.05) is 66.4 Å². The summed E-state index contributed by atoms with van der Waals surface area (Å²) in [7, 11) is 1.69. The Balaban J connectivity index is 1.34. The molecule has 238 valence electrons. The lowest BCUT2D eigenvalue weighted by Crippen LogP contribution is -2.50. The molecule has 0 saturated carbocycles. The SMILES string of the molecule is Cc1cccc(NC(=O)N2CCN(c3ccc(NC(=O)c4ccc(C(F)(F)F)cc4)cc3C(=O)N(C)Cc3ccccc3)CC2)c1. The van der Waals surface area contributed by atoms with Crippen molar-refractivity contribution in [3.8, 4) is 0 Å². The first-order valence-corrected chi connectivity index (χ1v) is 14.8. The lowest BCUT2D eigenvalue weighted by molar-refractivity contribution is -0.137. The molecule has 1 aliphatic heterocycles. The van der Waals surface area contributed by atoms with Crippen LogP contribution in [0, 0.1) is 6.92 Å². The molecule has 1 aliphatic rings. The number of urea groups is 1. The lowest BCUT2D eigenvalue weighted by Gasteiger charge is -2.37. The molecule has 0 aromatic heterocycles. The predicted molar refractivity (Wildman–Crippen MR) is 172 cm³/mol. The highest BCUT2D eigenvalue weighted by Crippen LogP contribution is 2.30. The molecule has 4 aromatic carbocycles. The molecule has 2 N–H and O–H groups in total. The molecule has 8 nitrogen and oxygen atoms in total. The third-order valence-corrected chi connectivity index (χ3v) is 7.75. The summed E-state index contributed by atoms with van der Waals surface area (Å²) < 4.78 is 38.9. The van der Waals surface area contributed by atoms with E-state index < -0.39 is 17.6 Å². The Morgan fingerprint density at radius 3 is 2.11 bits per heavy atom. The Labute approximate surface area is 265 Å². The van der Waals surface area contributed by atoms with Crippen molar-refractivity contribution in [2.24, 2.45) is 0 Å². The number of aryl methyl sites for hydroxylation is 1. The summed E-state index contributed by atoms with van der Waals surface area (Å²) in [5, 5.41) is 5.65. The van der Waals surface area contributed by atoms with Crippen LogP contribution < -0.4 is 15.5 Å². The first-order valence-electron chi connectivity index (χ1n) is 14.8. The number of anilines is 3. The van der Waals surface area contributed by atoms with Crippen molar-refractivity contribution in [3.63, 3.8) is 0 Å². The molecule has 0 radical (unpaired) electrons. The van der Waals surface area contributed by atoms with E-state index in [9.17, 15) is 27.6 Å². The van der Waals surface area contributed by atoms with Crippen LogP contribution in [0.4, 0.5) is 35.0 Å². The van der Waals surface area contributed by atoms with Crippen LogP contribution in [0.2, 0.25) is 0 Å². The molecular weight excluding hydrogens is 595 g/mol. The van der Waals surface area contributed by atoms with Crippen molar-refractivity contribution in [1.82, 2.24) is 9.80 Å². The zero-order chi connectivity index (χ0) is 32.8. The van der Waals surface area contributed by atoms with Crippen LogP contribution in [0.3, 0.4) is 0 Å². The highest BCUT2D eigenvalue weighted by Gasteiger charge is 2.30. The van der Waals surface area contributed by atoms with E-state index in [1.165, 1.54) is 0 Å². The summed E-state index contributed by atoms with van der Waals surface area (Å²) in [6.07, 6.45) is -4.51. The second kappa shape index (κ2) is 13.8. The van der Waals surface area contributed by atoms with Gasteiger partial charge < -0.3 is 25.3 Å². The van der Waals surface area contributed by atoms with Crippen LogP contribution in [0.25, 0.3) is 0 Å². The summed E-state index contributed by atoms with van der Waals surface area (Å²) in [5.41, 5.74) is 3.21. The van der Waals surface area contributed by atoms with Crippen LogP contribution in [0.1, 0.15) is 37.4 Å². The molecule has 0 bridgehead atoms. The van der Waals surface area contributed by atoms with Gasteiger partial charge in [-0.15, -0.1) is 0 Å². The molecule has 5 rings (SSSR count). The minimum absolute atomic E-state index is 0.0474. The Morgan fingerprint density at radius 2 is 1.46 bits per heavy atom. The molecule has 0 atom stereocenters. The molecular formula is C35H34F3N5O3. The number of carbonyl (C=O) groups excluding carboxylic acids is 3. The van der Waals surface area contributed by atoms with E-state index >= 15 is 0 Å². The van der Waals surface area contributed by atoms with Crippen molar-refractivity contribution in [2.45, 2.75) is 19.6 Å². The fourth-order valence-corrected chi connectivity index (χ4v) is 5.29. The van der Waals surface area contributed by atoms with Gasteiger partial charge in [0.25, 0.3) is 11.8 Å². The summed E-state index contributed by atoms with van der Waals surface area (Å²) >= 11 is 0. The minimum Gasteiger partial charge on any atom is -0.367 e. The lowest BCUT2D eigenvalue weighted by atomic mass is 10.1. The van der Waals surface area contributed by atoms with E-state index in [4.69, 9.17) is 0 Å². The number of nitrogens with zero attached hydrogens (tertiary/aromatic N) is 3. The number of benzene rings is 4. The third-order valence-electron chi connectivity index (χ3n) is 7.75. The smallest absolute Gasteiger partial charge is 0.367 e. The first kappa shape index (κ1) is 32.1. The Hall–Kier alpha value is -5.32. The van der Waals surface area contributed by atoms with E-state index in [0.717, 1.165) is 41.1 Å². The molecule has 46 heavy (non-hydrogen) atoms. The fourth-order valence-electron chi connectivity index (χ4n) is 5.29. The molecule has 4 aromatic rings. The van der Waals surface area contributed by atoms with Gasteiger partial charge in [0.2, 0.25) is 0 Å². The van der Waals surface area contributed by atoms with Gasteiger partial charge in [-0.2, -0.15) is 13.2 Å². The zero-order valence-electron chi connectivity index (χ0n) is 25.5. The monoisotopic (exact) mass is 629 g/mol. The quantitative estimate of drug-likeness (QED) is 0.233. The molecule has 1 saturated heterocycles. The molecule has 0 unspecified atom stereocenters. The summed E-state index contributed by atoms with van der Waals surface area (Å²) in [6.45, 7) is 4.11. The largest absolute Gasteiger partial charge is 0.416 e. The highest BCUT2D eigenvalue weighted by molar-refractivity contribution is 6.06. The van der Waals surface area contributed by atoms with Crippen molar-refractivity contribution in [3.05, 3.63) is 125 Å². The number of nitrogens with one attached hydrogen (secondary N) is 2. The Morgan fingerprint density at radius 1 is 0.783 bits per heavy atom. The second-order valence-corrected chi connectivity index (χ2v) is 11.2. The number of hydrogen-bond donors (Lipinski definition) is 2.